The lowest BCUT2D eigenvalue weighted by molar-refractivity contribution is 0.172. The number of rotatable bonds is 4. The van der Waals surface area contributed by atoms with Crippen LogP contribution >= 0.6 is 11.3 Å². The Balaban J connectivity index is 2.24. The van der Waals surface area contributed by atoms with Crippen molar-refractivity contribution < 1.29 is 9.84 Å². The molecule has 4 nitrogen and oxygen atoms in total. The third kappa shape index (κ3) is 2.52. The summed E-state index contributed by atoms with van der Waals surface area (Å²) in [6.45, 7) is 3.92. The zero-order valence-corrected chi connectivity index (χ0v) is 11.5. The zero-order valence-electron chi connectivity index (χ0n) is 10.7. The van der Waals surface area contributed by atoms with Crippen molar-refractivity contribution in [3.63, 3.8) is 0 Å². The third-order valence-corrected chi connectivity index (χ3v) is 3.53. The summed E-state index contributed by atoms with van der Waals surface area (Å²) in [7, 11) is 1.65. The van der Waals surface area contributed by atoms with E-state index in [4.69, 9.17) is 4.74 Å². The summed E-state index contributed by atoms with van der Waals surface area (Å²) in [6.07, 6.45) is 1.61. The molecule has 0 aliphatic rings. The molecule has 1 N–H and O–H groups in total. The number of nitrogens with zero attached hydrogens (tertiary/aromatic N) is 2. The minimum absolute atomic E-state index is 0.451. The van der Waals surface area contributed by atoms with Gasteiger partial charge in [0, 0.05) is 34.8 Å². The van der Waals surface area contributed by atoms with Crippen LogP contribution in [0, 0.1) is 13.8 Å². The summed E-state index contributed by atoms with van der Waals surface area (Å²) in [5.41, 5.74) is 5.24. The quantitative estimate of drug-likeness (QED) is 0.921. The molecule has 0 spiro atoms. The second kappa shape index (κ2) is 5.46. The molecule has 1 atom stereocenters. The van der Waals surface area contributed by atoms with Crippen LogP contribution in [0.3, 0.4) is 0 Å². The minimum atomic E-state index is -0.616. The van der Waals surface area contributed by atoms with Gasteiger partial charge in [-0.05, 0) is 13.8 Å². The fraction of sp³-hybridized carbons (Fsp3) is 0.385. The molecular formula is C13H16N2O2S. The van der Waals surface area contributed by atoms with Gasteiger partial charge in [-0.25, -0.2) is 4.98 Å². The first kappa shape index (κ1) is 13.0. The van der Waals surface area contributed by atoms with Crippen molar-refractivity contribution in [1.82, 2.24) is 9.97 Å². The van der Waals surface area contributed by atoms with Gasteiger partial charge in [-0.3, -0.25) is 4.98 Å². The number of hydrogen-bond acceptors (Lipinski definition) is 5. The molecule has 2 aromatic heterocycles. The summed E-state index contributed by atoms with van der Waals surface area (Å²) in [4.78, 5) is 8.48. The van der Waals surface area contributed by atoms with Crippen LogP contribution in [0.2, 0.25) is 0 Å². The molecule has 0 saturated heterocycles. The maximum Gasteiger partial charge on any atom is 0.128 e. The summed E-state index contributed by atoms with van der Waals surface area (Å²) in [5.74, 6) is 0.838. The highest BCUT2D eigenvalue weighted by Crippen LogP contribution is 2.27. The van der Waals surface area contributed by atoms with E-state index in [0.29, 0.717) is 12.1 Å². The predicted molar refractivity (Wildman–Crippen MR) is 71.0 cm³/mol. The van der Waals surface area contributed by atoms with Gasteiger partial charge in [-0.2, -0.15) is 0 Å². The first-order valence-electron chi connectivity index (χ1n) is 5.68. The lowest BCUT2D eigenvalue weighted by Gasteiger charge is -2.14. The maximum absolute atomic E-state index is 10.1. The van der Waals surface area contributed by atoms with Gasteiger partial charge in [0.1, 0.15) is 11.9 Å². The monoisotopic (exact) mass is 264 g/mol. The van der Waals surface area contributed by atoms with Crippen LogP contribution in [0.25, 0.3) is 0 Å². The summed E-state index contributed by atoms with van der Waals surface area (Å²) in [6, 6.07) is 0. The number of aryl methyl sites for hydroxylation is 1. The zero-order chi connectivity index (χ0) is 13.1. The predicted octanol–water partition coefficient (Wildman–Crippen LogP) is 2.44. The Morgan fingerprint density at radius 3 is 2.78 bits per heavy atom. The molecule has 2 aromatic rings. The summed E-state index contributed by atoms with van der Waals surface area (Å²) < 4.78 is 5.35. The topological polar surface area (TPSA) is 55.2 Å². The van der Waals surface area contributed by atoms with Gasteiger partial charge >= 0.3 is 0 Å². The number of thiazole rings is 1. The van der Waals surface area contributed by atoms with Crippen molar-refractivity contribution in [3.8, 4) is 5.75 Å². The van der Waals surface area contributed by atoms with Crippen molar-refractivity contribution in [3.05, 3.63) is 39.6 Å². The SMILES string of the molecule is COc1c(C)cnc(CC(O)c2cscn2)c1C. The smallest absolute Gasteiger partial charge is 0.128 e. The van der Waals surface area contributed by atoms with E-state index in [1.54, 1.807) is 18.8 Å². The normalized spacial score (nSPS) is 12.4. The van der Waals surface area contributed by atoms with Gasteiger partial charge in [-0.15, -0.1) is 11.3 Å². The van der Waals surface area contributed by atoms with Crippen LogP contribution < -0.4 is 4.74 Å². The summed E-state index contributed by atoms with van der Waals surface area (Å²) >= 11 is 1.48. The Hall–Kier alpha value is -1.46. The highest BCUT2D eigenvalue weighted by atomic mass is 32.1. The van der Waals surface area contributed by atoms with Crippen LogP contribution in [-0.4, -0.2) is 22.2 Å². The van der Waals surface area contributed by atoms with Crippen molar-refractivity contribution in [2.24, 2.45) is 0 Å². The first-order valence-corrected chi connectivity index (χ1v) is 6.63. The van der Waals surface area contributed by atoms with E-state index in [1.807, 2.05) is 19.2 Å². The van der Waals surface area contributed by atoms with Gasteiger partial charge in [0.25, 0.3) is 0 Å². The molecule has 0 saturated carbocycles. The maximum atomic E-state index is 10.1. The average molecular weight is 264 g/mol. The van der Waals surface area contributed by atoms with E-state index in [1.165, 1.54) is 11.3 Å². The van der Waals surface area contributed by atoms with Crippen LogP contribution in [0.15, 0.2) is 17.1 Å². The molecule has 1 unspecified atom stereocenters. The number of ether oxygens (including phenoxy) is 1. The Bertz CT molecular complexity index is 526. The largest absolute Gasteiger partial charge is 0.496 e. The Kier molecular flexibility index (Phi) is 3.93. The standard InChI is InChI=1S/C13H16N2O2S/c1-8-5-14-10(9(2)13(8)17-3)4-12(16)11-6-18-7-15-11/h5-7,12,16H,4H2,1-3H3. The van der Waals surface area contributed by atoms with Gasteiger partial charge < -0.3 is 9.84 Å². The van der Waals surface area contributed by atoms with Gasteiger partial charge in [-0.1, -0.05) is 0 Å². The van der Waals surface area contributed by atoms with Gasteiger partial charge in [0.05, 0.1) is 18.3 Å². The van der Waals surface area contributed by atoms with E-state index in [2.05, 4.69) is 9.97 Å². The number of aliphatic hydroxyl groups is 1. The first-order chi connectivity index (χ1) is 8.63. The van der Waals surface area contributed by atoms with Crippen LogP contribution in [0.5, 0.6) is 5.75 Å². The second-order valence-corrected chi connectivity index (χ2v) is 4.90. The summed E-state index contributed by atoms with van der Waals surface area (Å²) in [5, 5.41) is 11.9. The number of aliphatic hydroxyl groups excluding tert-OH is 1. The highest BCUT2D eigenvalue weighted by Gasteiger charge is 2.15. The van der Waals surface area contributed by atoms with Crippen molar-refractivity contribution >= 4 is 11.3 Å². The van der Waals surface area contributed by atoms with E-state index in [0.717, 1.165) is 22.6 Å². The Morgan fingerprint density at radius 1 is 1.39 bits per heavy atom. The fourth-order valence-corrected chi connectivity index (χ4v) is 2.55. The minimum Gasteiger partial charge on any atom is -0.496 e. The fourth-order valence-electron chi connectivity index (χ4n) is 1.95. The average Bonchev–Trinajstić information content (AvgIpc) is 2.87. The highest BCUT2D eigenvalue weighted by molar-refractivity contribution is 7.07. The van der Waals surface area contributed by atoms with Crippen LogP contribution in [0.1, 0.15) is 28.6 Å². The molecule has 2 heterocycles. The molecule has 18 heavy (non-hydrogen) atoms. The van der Waals surface area contributed by atoms with Crippen molar-refractivity contribution in [2.45, 2.75) is 26.4 Å². The van der Waals surface area contributed by atoms with E-state index in [-0.39, 0.29) is 0 Å². The van der Waals surface area contributed by atoms with Crippen molar-refractivity contribution in [2.75, 3.05) is 7.11 Å². The van der Waals surface area contributed by atoms with Gasteiger partial charge in [0.2, 0.25) is 0 Å². The molecular weight excluding hydrogens is 248 g/mol. The molecule has 0 amide bonds. The molecule has 0 radical (unpaired) electrons. The molecule has 0 bridgehead atoms. The van der Waals surface area contributed by atoms with Crippen LogP contribution in [-0.2, 0) is 6.42 Å². The molecule has 96 valence electrons. The molecule has 2 rings (SSSR count). The molecule has 5 heteroatoms. The molecule has 0 aromatic carbocycles. The molecule has 0 fully saturated rings. The molecule has 0 aliphatic heterocycles. The molecule has 0 aliphatic carbocycles. The van der Waals surface area contributed by atoms with E-state index >= 15 is 0 Å². The van der Waals surface area contributed by atoms with E-state index in [9.17, 15) is 5.11 Å². The lowest BCUT2D eigenvalue weighted by atomic mass is 10.0. The lowest BCUT2D eigenvalue weighted by Crippen LogP contribution is -2.07. The number of hydrogen-bond donors (Lipinski definition) is 1. The number of pyridine rings is 1. The number of methoxy groups -OCH3 is 1. The second-order valence-electron chi connectivity index (χ2n) is 4.18. The Morgan fingerprint density at radius 2 is 2.17 bits per heavy atom. The third-order valence-electron chi connectivity index (χ3n) is 2.93. The number of aromatic nitrogens is 2. The van der Waals surface area contributed by atoms with Gasteiger partial charge in [0.15, 0.2) is 0 Å². The van der Waals surface area contributed by atoms with Crippen molar-refractivity contribution in [1.29, 1.82) is 0 Å². The van der Waals surface area contributed by atoms with Crippen LogP contribution in [0.4, 0.5) is 0 Å². The van der Waals surface area contributed by atoms with E-state index < -0.39 is 6.10 Å². The Labute approximate surface area is 110 Å².